The van der Waals surface area contributed by atoms with Gasteiger partial charge in [0.05, 0.1) is 6.61 Å². The van der Waals surface area contributed by atoms with Crippen molar-refractivity contribution in [3.05, 3.63) is 30.3 Å². The van der Waals surface area contributed by atoms with E-state index in [2.05, 4.69) is 0 Å². The SMILES string of the molecule is CP(=O)(c1ccccc1)C1CO1. The van der Waals surface area contributed by atoms with Crippen molar-refractivity contribution in [2.45, 2.75) is 5.85 Å². The lowest BCUT2D eigenvalue weighted by atomic mass is 10.4. The predicted octanol–water partition coefficient (Wildman–Crippen LogP) is 1.66. The molecule has 1 heterocycles. The van der Waals surface area contributed by atoms with E-state index in [1.807, 2.05) is 30.3 Å². The molecule has 0 aliphatic carbocycles. The first-order valence-corrected chi connectivity index (χ1v) is 6.18. The van der Waals surface area contributed by atoms with E-state index in [4.69, 9.17) is 4.74 Å². The van der Waals surface area contributed by atoms with Crippen molar-refractivity contribution in [1.29, 1.82) is 0 Å². The average Bonchev–Trinajstić information content (AvgIpc) is 2.88. The molecule has 2 unspecified atom stereocenters. The summed E-state index contributed by atoms with van der Waals surface area (Å²) in [5.41, 5.74) is 0. The molecule has 1 saturated heterocycles. The van der Waals surface area contributed by atoms with Crippen molar-refractivity contribution in [3.63, 3.8) is 0 Å². The topological polar surface area (TPSA) is 29.6 Å². The van der Waals surface area contributed by atoms with Crippen LogP contribution in [0, 0.1) is 0 Å². The normalized spacial score (nSPS) is 26.2. The molecular weight excluding hydrogens is 171 g/mol. The summed E-state index contributed by atoms with van der Waals surface area (Å²) in [5.74, 6) is -0.0140. The predicted molar refractivity (Wildman–Crippen MR) is 49.3 cm³/mol. The molecule has 64 valence electrons. The van der Waals surface area contributed by atoms with Gasteiger partial charge in [0.2, 0.25) is 0 Å². The molecule has 1 aromatic rings. The van der Waals surface area contributed by atoms with Gasteiger partial charge in [0.25, 0.3) is 0 Å². The maximum Gasteiger partial charge on any atom is 0.142 e. The van der Waals surface area contributed by atoms with Crippen LogP contribution in [-0.2, 0) is 9.30 Å². The molecule has 3 heteroatoms. The van der Waals surface area contributed by atoms with Crippen LogP contribution in [-0.4, -0.2) is 19.1 Å². The summed E-state index contributed by atoms with van der Waals surface area (Å²) in [7, 11) is -2.23. The van der Waals surface area contributed by atoms with Gasteiger partial charge in [-0.3, -0.25) is 0 Å². The Labute approximate surface area is 71.9 Å². The van der Waals surface area contributed by atoms with Crippen LogP contribution in [0.25, 0.3) is 0 Å². The highest BCUT2D eigenvalue weighted by Crippen LogP contribution is 2.51. The monoisotopic (exact) mass is 182 g/mol. The van der Waals surface area contributed by atoms with Gasteiger partial charge in [0.1, 0.15) is 13.0 Å². The summed E-state index contributed by atoms with van der Waals surface area (Å²) in [6, 6.07) is 9.56. The molecule has 0 N–H and O–H groups in total. The molecule has 0 aromatic heterocycles. The van der Waals surface area contributed by atoms with E-state index in [0.717, 1.165) is 5.30 Å². The molecule has 1 aromatic carbocycles. The van der Waals surface area contributed by atoms with E-state index in [1.54, 1.807) is 6.66 Å². The van der Waals surface area contributed by atoms with Crippen LogP contribution in [0.4, 0.5) is 0 Å². The first kappa shape index (κ1) is 8.03. The molecule has 0 radical (unpaired) electrons. The van der Waals surface area contributed by atoms with Crippen LogP contribution in [0.5, 0.6) is 0 Å². The van der Waals surface area contributed by atoms with Crippen molar-refractivity contribution in [2.24, 2.45) is 0 Å². The minimum absolute atomic E-state index is 0.0140. The van der Waals surface area contributed by atoms with Crippen LogP contribution in [0.15, 0.2) is 30.3 Å². The lowest BCUT2D eigenvalue weighted by molar-refractivity contribution is 0.447. The van der Waals surface area contributed by atoms with Crippen molar-refractivity contribution in [3.8, 4) is 0 Å². The second-order valence-electron chi connectivity index (χ2n) is 3.11. The molecule has 2 rings (SSSR count). The van der Waals surface area contributed by atoms with Crippen LogP contribution in [0.1, 0.15) is 0 Å². The number of rotatable bonds is 2. The number of benzene rings is 1. The largest absolute Gasteiger partial charge is 0.365 e. The van der Waals surface area contributed by atoms with Crippen LogP contribution in [0.2, 0.25) is 0 Å². The van der Waals surface area contributed by atoms with Gasteiger partial charge in [-0.2, -0.15) is 0 Å². The molecule has 2 nitrogen and oxygen atoms in total. The second kappa shape index (κ2) is 2.72. The molecule has 1 aliphatic rings. The summed E-state index contributed by atoms with van der Waals surface area (Å²) in [4.78, 5) is 0. The second-order valence-corrected chi connectivity index (χ2v) is 6.19. The van der Waals surface area contributed by atoms with E-state index in [9.17, 15) is 4.57 Å². The Kier molecular flexibility index (Phi) is 1.82. The lowest BCUT2D eigenvalue weighted by Crippen LogP contribution is -2.06. The first-order chi connectivity index (χ1) is 5.71. The van der Waals surface area contributed by atoms with Crippen molar-refractivity contribution >= 4 is 12.4 Å². The fourth-order valence-electron chi connectivity index (χ4n) is 1.22. The van der Waals surface area contributed by atoms with Crippen molar-refractivity contribution in [1.82, 2.24) is 0 Å². The summed E-state index contributed by atoms with van der Waals surface area (Å²) in [6.07, 6.45) is 0. The Balaban J connectivity index is 2.35. The van der Waals surface area contributed by atoms with Gasteiger partial charge in [0.15, 0.2) is 0 Å². The highest BCUT2D eigenvalue weighted by molar-refractivity contribution is 7.71. The Morgan fingerprint density at radius 2 is 2.00 bits per heavy atom. The minimum atomic E-state index is -2.23. The summed E-state index contributed by atoms with van der Waals surface area (Å²) in [6.45, 7) is 2.45. The summed E-state index contributed by atoms with van der Waals surface area (Å²) in [5, 5.41) is 0.924. The maximum atomic E-state index is 12.1. The van der Waals surface area contributed by atoms with E-state index in [0.29, 0.717) is 6.61 Å². The Hall–Kier alpha value is -0.590. The van der Waals surface area contributed by atoms with E-state index >= 15 is 0 Å². The average molecular weight is 182 g/mol. The summed E-state index contributed by atoms with van der Waals surface area (Å²) < 4.78 is 17.1. The zero-order valence-electron chi connectivity index (χ0n) is 6.93. The van der Waals surface area contributed by atoms with Crippen molar-refractivity contribution in [2.75, 3.05) is 13.3 Å². The fourth-order valence-corrected chi connectivity index (χ4v) is 2.97. The fraction of sp³-hybridized carbons (Fsp3) is 0.333. The molecular formula is C9H11O2P. The van der Waals surface area contributed by atoms with Gasteiger partial charge >= 0.3 is 0 Å². The smallest absolute Gasteiger partial charge is 0.142 e. The van der Waals surface area contributed by atoms with E-state index in [1.165, 1.54) is 0 Å². The Morgan fingerprint density at radius 3 is 2.50 bits per heavy atom. The standard InChI is InChI=1S/C9H11O2P/c1-12(10,9-7-11-9)8-5-3-2-4-6-8/h2-6,9H,7H2,1H3. The molecule has 2 atom stereocenters. The van der Waals surface area contributed by atoms with Gasteiger partial charge in [-0.05, 0) is 6.66 Å². The molecule has 0 saturated carbocycles. The molecule has 1 fully saturated rings. The number of hydrogen-bond acceptors (Lipinski definition) is 2. The molecule has 1 aliphatic heterocycles. The third-order valence-electron chi connectivity index (χ3n) is 2.13. The number of epoxide rings is 1. The molecule has 12 heavy (non-hydrogen) atoms. The van der Waals surface area contributed by atoms with Gasteiger partial charge in [0, 0.05) is 5.30 Å². The third kappa shape index (κ3) is 1.33. The Bertz CT molecular complexity index is 317. The first-order valence-electron chi connectivity index (χ1n) is 3.95. The van der Waals surface area contributed by atoms with Crippen LogP contribution >= 0.6 is 7.14 Å². The highest BCUT2D eigenvalue weighted by atomic mass is 31.2. The quantitative estimate of drug-likeness (QED) is 0.514. The number of ether oxygens (including phenoxy) is 1. The number of hydrogen-bond donors (Lipinski definition) is 0. The van der Waals surface area contributed by atoms with Crippen LogP contribution in [0.3, 0.4) is 0 Å². The highest BCUT2D eigenvalue weighted by Gasteiger charge is 2.39. The molecule has 0 spiro atoms. The van der Waals surface area contributed by atoms with Gasteiger partial charge in [-0.1, -0.05) is 30.3 Å². The minimum Gasteiger partial charge on any atom is -0.365 e. The zero-order chi connectivity index (χ0) is 8.60. The zero-order valence-corrected chi connectivity index (χ0v) is 7.83. The molecule has 0 bridgehead atoms. The van der Waals surface area contributed by atoms with E-state index in [-0.39, 0.29) is 5.85 Å². The lowest BCUT2D eigenvalue weighted by Gasteiger charge is -2.08. The van der Waals surface area contributed by atoms with E-state index < -0.39 is 7.14 Å². The van der Waals surface area contributed by atoms with Crippen molar-refractivity contribution < 1.29 is 9.30 Å². The summed E-state index contributed by atoms with van der Waals surface area (Å²) >= 11 is 0. The third-order valence-corrected chi connectivity index (χ3v) is 4.85. The van der Waals surface area contributed by atoms with Crippen LogP contribution < -0.4 is 5.30 Å². The molecule has 0 amide bonds. The van der Waals surface area contributed by atoms with Gasteiger partial charge in [-0.15, -0.1) is 0 Å². The van der Waals surface area contributed by atoms with Gasteiger partial charge in [-0.25, -0.2) is 0 Å². The van der Waals surface area contributed by atoms with Gasteiger partial charge < -0.3 is 9.30 Å². The maximum absolute atomic E-state index is 12.1. The Morgan fingerprint density at radius 1 is 1.42 bits per heavy atom.